The number of aromatic nitrogens is 3. The molecular formula is C26H23FN4O2. The molecule has 0 bridgehead atoms. The van der Waals surface area contributed by atoms with E-state index < -0.39 is 11.3 Å². The summed E-state index contributed by atoms with van der Waals surface area (Å²) in [6.07, 6.45) is 1.76. The molecule has 3 aromatic carbocycles. The number of hydrogen-bond donors (Lipinski definition) is 3. The second-order valence-electron chi connectivity index (χ2n) is 8.85. The van der Waals surface area contributed by atoms with Crippen molar-refractivity contribution in [2.24, 2.45) is 5.73 Å². The Hall–Kier alpha value is -3.97. The predicted octanol–water partition coefficient (Wildman–Crippen LogP) is 4.68. The van der Waals surface area contributed by atoms with Crippen LogP contribution in [0.5, 0.6) is 0 Å². The van der Waals surface area contributed by atoms with E-state index in [4.69, 9.17) is 5.73 Å². The zero-order valence-electron chi connectivity index (χ0n) is 18.3. The van der Waals surface area contributed by atoms with Crippen molar-refractivity contribution in [3.8, 4) is 16.8 Å². The second kappa shape index (κ2) is 7.56. The van der Waals surface area contributed by atoms with Crippen molar-refractivity contribution in [1.82, 2.24) is 14.8 Å². The molecule has 0 saturated carbocycles. The Morgan fingerprint density at radius 2 is 1.82 bits per heavy atom. The molecule has 2 aromatic heterocycles. The van der Waals surface area contributed by atoms with E-state index in [0.29, 0.717) is 5.56 Å². The third kappa shape index (κ3) is 3.37. The fraction of sp³-hybridized carbons (Fsp3) is 0.154. The van der Waals surface area contributed by atoms with Crippen LogP contribution in [0.1, 0.15) is 29.9 Å². The lowest BCUT2D eigenvalue weighted by molar-refractivity contribution is 0.100. The van der Waals surface area contributed by atoms with Crippen LogP contribution in [0.3, 0.4) is 0 Å². The van der Waals surface area contributed by atoms with E-state index in [1.807, 2.05) is 38.1 Å². The van der Waals surface area contributed by atoms with Crippen molar-refractivity contribution in [1.29, 1.82) is 0 Å². The molecule has 33 heavy (non-hydrogen) atoms. The predicted molar refractivity (Wildman–Crippen MR) is 127 cm³/mol. The number of carbonyl (C=O) groups is 1. The maximum Gasteiger partial charge on any atom is 0.248 e. The van der Waals surface area contributed by atoms with Gasteiger partial charge in [0.25, 0.3) is 0 Å². The molecule has 5 aromatic rings. The summed E-state index contributed by atoms with van der Waals surface area (Å²) in [6.45, 7) is 3.84. The minimum atomic E-state index is -0.642. The topological polar surface area (TPSA) is 96.9 Å². The standard InChI is InChI=1S/C26H23FN4O2/c1-26(2,14-32)24-23(15-3-5-16(6-4-15)25(28)33)20-12-21-17(13-29-30-21)11-22(20)31(24)19-9-7-18(27)8-10-19/h3-13,32H,14H2,1-2H3,(H2,28,33)(H,29,30). The largest absolute Gasteiger partial charge is 0.395 e. The van der Waals surface area contributed by atoms with Crippen LogP contribution in [0.15, 0.2) is 66.9 Å². The van der Waals surface area contributed by atoms with Crippen molar-refractivity contribution < 1.29 is 14.3 Å². The summed E-state index contributed by atoms with van der Waals surface area (Å²) in [6, 6.07) is 17.5. The van der Waals surface area contributed by atoms with Crippen LogP contribution in [0.25, 0.3) is 38.6 Å². The number of aromatic amines is 1. The normalized spacial score (nSPS) is 12.0. The van der Waals surface area contributed by atoms with Gasteiger partial charge in [-0.05, 0) is 54.1 Å². The Balaban J connectivity index is 1.94. The Morgan fingerprint density at radius 1 is 1.12 bits per heavy atom. The third-order valence-electron chi connectivity index (χ3n) is 6.11. The van der Waals surface area contributed by atoms with Gasteiger partial charge >= 0.3 is 0 Å². The number of H-pyrrole nitrogens is 1. The van der Waals surface area contributed by atoms with E-state index in [-0.39, 0.29) is 12.4 Å². The van der Waals surface area contributed by atoms with Gasteiger partial charge in [0.1, 0.15) is 5.82 Å². The van der Waals surface area contributed by atoms with Crippen LogP contribution in [-0.2, 0) is 5.41 Å². The molecular weight excluding hydrogens is 419 g/mol. The number of nitrogens with two attached hydrogens (primary N) is 1. The molecule has 0 aliphatic heterocycles. The summed E-state index contributed by atoms with van der Waals surface area (Å²) < 4.78 is 15.8. The van der Waals surface area contributed by atoms with E-state index in [9.17, 15) is 14.3 Å². The van der Waals surface area contributed by atoms with E-state index in [1.165, 1.54) is 12.1 Å². The molecule has 6 nitrogen and oxygen atoms in total. The molecule has 0 saturated heterocycles. The maximum atomic E-state index is 13.8. The van der Waals surface area contributed by atoms with Gasteiger partial charge in [-0.3, -0.25) is 9.89 Å². The SMILES string of the molecule is CC(C)(CO)c1c(-c2ccc(C(N)=O)cc2)c2cc3[nH]ncc3cc2n1-c1ccc(F)cc1. The van der Waals surface area contributed by atoms with Crippen LogP contribution < -0.4 is 5.73 Å². The third-order valence-corrected chi connectivity index (χ3v) is 6.11. The van der Waals surface area contributed by atoms with Crippen LogP contribution in [-0.4, -0.2) is 32.4 Å². The van der Waals surface area contributed by atoms with Gasteiger partial charge in [0.05, 0.1) is 23.8 Å². The first-order chi connectivity index (χ1) is 15.8. The number of fused-ring (bicyclic) bond motifs is 2. The van der Waals surface area contributed by atoms with Crippen molar-refractivity contribution >= 4 is 27.7 Å². The van der Waals surface area contributed by atoms with Crippen molar-refractivity contribution in [2.75, 3.05) is 6.61 Å². The van der Waals surface area contributed by atoms with E-state index in [2.05, 4.69) is 14.8 Å². The number of aliphatic hydroxyl groups excluding tert-OH is 1. The molecule has 7 heteroatoms. The highest BCUT2D eigenvalue weighted by molar-refractivity contribution is 6.06. The number of carbonyl (C=O) groups excluding carboxylic acids is 1. The molecule has 2 heterocycles. The van der Waals surface area contributed by atoms with Crippen molar-refractivity contribution in [2.45, 2.75) is 19.3 Å². The Bertz CT molecular complexity index is 1500. The quantitative estimate of drug-likeness (QED) is 0.369. The lowest BCUT2D eigenvalue weighted by Crippen LogP contribution is -2.26. The molecule has 0 atom stereocenters. The average molecular weight is 442 g/mol. The van der Waals surface area contributed by atoms with Gasteiger partial charge in [0.15, 0.2) is 0 Å². The van der Waals surface area contributed by atoms with Gasteiger partial charge in [0.2, 0.25) is 5.91 Å². The molecule has 0 aliphatic carbocycles. The van der Waals surface area contributed by atoms with E-state index in [1.54, 1.807) is 30.5 Å². The number of rotatable bonds is 5. The molecule has 0 aliphatic rings. The van der Waals surface area contributed by atoms with Gasteiger partial charge in [0, 0.05) is 38.7 Å². The molecule has 1 amide bonds. The number of nitrogens with zero attached hydrogens (tertiary/aromatic N) is 2. The Labute approximate surface area is 189 Å². The molecule has 0 unspecified atom stereocenters. The number of halogens is 1. The first-order valence-electron chi connectivity index (χ1n) is 10.6. The lowest BCUT2D eigenvalue weighted by Gasteiger charge is -2.27. The Kier molecular flexibility index (Phi) is 4.79. The minimum Gasteiger partial charge on any atom is -0.395 e. The number of nitrogens with one attached hydrogen (secondary N) is 1. The fourth-order valence-corrected chi connectivity index (χ4v) is 4.39. The number of hydrogen-bond acceptors (Lipinski definition) is 3. The highest BCUT2D eigenvalue weighted by Gasteiger charge is 2.31. The second-order valence-corrected chi connectivity index (χ2v) is 8.85. The van der Waals surface area contributed by atoms with Gasteiger partial charge in [-0.2, -0.15) is 5.10 Å². The first-order valence-corrected chi connectivity index (χ1v) is 10.6. The van der Waals surface area contributed by atoms with Crippen LogP contribution >= 0.6 is 0 Å². The monoisotopic (exact) mass is 442 g/mol. The summed E-state index contributed by atoms with van der Waals surface area (Å²) in [4.78, 5) is 11.6. The van der Waals surface area contributed by atoms with E-state index in [0.717, 1.165) is 44.3 Å². The Morgan fingerprint density at radius 3 is 2.45 bits per heavy atom. The van der Waals surface area contributed by atoms with E-state index >= 15 is 0 Å². The average Bonchev–Trinajstić information content (AvgIpc) is 3.40. The zero-order chi connectivity index (χ0) is 23.3. The number of amides is 1. The molecule has 0 spiro atoms. The van der Waals surface area contributed by atoms with Gasteiger partial charge in [-0.15, -0.1) is 0 Å². The minimum absolute atomic E-state index is 0.101. The molecule has 0 radical (unpaired) electrons. The summed E-state index contributed by atoms with van der Waals surface area (Å²) in [7, 11) is 0. The molecule has 166 valence electrons. The smallest absolute Gasteiger partial charge is 0.248 e. The van der Waals surface area contributed by atoms with Crippen molar-refractivity contribution in [3.05, 3.63) is 83.9 Å². The highest BCUT2D eigenvalue weighted by atomic mass is 19.1. The fourth-order valence-electron chi connectivity index (χ4n) is 4.39. The number of primary amides is 1. The molecule has 0 fully saturated rings. The highest BCUT2D eigenvalue weighted by Crippen LogP contribution is 2.43. The van der Waals surface area contributed by atoms with Crippen LogP contribution in [0.2, 0.25) is 0 Å². The lowest BCUT2D eigenvalue weighted by atomic mass is 9.84. The summed E-state index contributed by atoms with van der Waals surface area (Å²) in [5, 5.41) is 19.4. The summed E-state index contributed by atoms with van der Waals surface area (Å²) in [5.41, 5.74) is 10.4. The van der Waals surface area contributed by atoms with Crippen molar-refractivity contribution in [3.63, 3.8) is 0 Å². The number of aliphatic hydroxyl groups is 1. The zero-order valence-corrected chi connectivity index (χ0v) is 18.3. The van der Waals surface area contributed by atoms with Gasteiger partial charge < -0.3 is 15.4 Å². The summed E-state index contributed by atoms with van der Waals surface area (Å²) in [5.74, 6) is -0.817. The molecule has 5 rings (SSSR count). The maximum absolute atomic E-state index is 13.8. The molecule has 4 N–H and O–H groups in total. The summed E-state index contributed by atoms with van der Waals surface area (Å²) >= 11 is 0. The van der Waals surface area contributed by atoms with Crippen LogP contribution in [0.4, 0.5) is 4.39 Å². The number of benzene rings is 3. The first kappa shape index (κ1) is 20.9. The van der Waals surface area contributed by atoms with Gasteiger partial charge in [-0.1, -0.05) is 26.0 Å². The van der Waals surface area contributed by atoms with Gasteiger partial charge in [-0.25, -0.2) is 4.39 Å². The van der Waals surface area contributed by atoms with Crippen LogP contribution in [0, 0.1) is 5.82 Å².